The molecule has 0 N–H and O–H groups in total. The minimum atomic E-state index is -0.913. The number of fused-ring (bicyclic) bond motifs is 14. The van der Waals surface area contributed by atoms with E-state index in [9.17, 15) is 19.2 Å². The van der Waals surface area contributed by atoms with Gasteiger partial charge in [0.1, 0.15) is 11.2 Å². The summed E-state index contributed by atoms with van der Waals surface area (Å²) in [6.07, 6.45) is 9.32. The summed E-state index contributed by atoms with van der Waals surface area (Å²) in [6, 6.07) is 0. The van der Waals surface area contributed by atoms with Gasteiger partial charge in [0.25, 0.3) is 0 Å². The Labute approximate surface area is 268 Å². The van der Waals surface area contributed by atoms with Crippen LogP contribution in [-0.2, 0) is 33.4 Å². The van der Waals surface area contributed by atoms with Crippen molar-refractivity contribution in [1.29, 1.82) is 0 Å². The van der Waals surface area contributed by atoms with Crippen LogP contribution in [0.25, 0.3) is 0 Å². The predicted molar refractivity (Wildman–Crippen MR) is 165 cm³/mol. The molecule has 16 unspecified atom stereocenters. The Morgan fingerprint density at radius 2 is 1.58 bits per heavy atom. The van der Waals surface area contributed by atoms with Crippen molar-refractivity contribution >= 4 is 23.9 Å². The largest absolute Gasteiger partial charge is 0.460 e. The van der Waals surface area contributed by atoms with Gasteiger partial charge in [0.2, 0.25) is 0 Å². The van der Waals surface area contributed by atoms with Crippen molar-refractivity contribution in [3.05, 3.63) is 0 Å². The molecule has 0 aromatic heterocycles. The third kappa shape index (κ3) is 4.39. The molecule has 7 saturated carbocycles. The molecule has 0 aromatic rings. The number of rotatable bonds is 6. The SMILES string of the molecule is CC1C2CC(C1C1C(=O)OC(=O)C1CC(C)(C)C(=O)OC1(C)CC3CC1C1CCCC31)C1C3CC(CC3C(=O)OC(C)(C)C)C21. The molecule has 7 aliphatic carbocycles. The van der Waals surface area contributed by atoms with Crippen LogP contribution in [0.4, 0.5) is 0 Å². The van der Waals surface area contributed by atoms with Crippen molar-refractivity contribution in [3.8, 4) is 0 Å². The monoisotopic (exact) mass is 622 g/mol. The van der Waals surface area contributed by atoms with Gasteiger partial charge in [-0.15, -0.1) is 0 Å². The van der Waals surface area contributed by atoms with E-state index in [-0.39, 0.29) is 30.2 Å². The highest BCUT2D eigenvalue weighted by Crippen LogP contribution is 2.73. The first-order valence-corrected chi connectivity index (χ1v) is 18.3. The van der Waals surface area contributed by atoms with Gasteiger partial charge < -0.3 is 14.2 Å². The summed E-state index contributed by atoms with van der Waals surface area (Å²) in [5.74, 6) is 3.14. The van der Waals surface area contributed by atoms with Gasteiger partial charge in [-0.3, -0.25) is 19.2 Å². The summed E-state index contributed by atoms with van der Waals surface area (Å²) in [4.78, 5) is 54.1. The predicted octanol–water partition coefficient (Wildman–Crippen LogP) is 6.61. The first-order chi connectivity index (χ1) is 21.1. The molecule has 0 spiro atoms. The van der Waals surface area contributed by atoms with Crippen LogP contribution in [-0.4, -0.2) is 35.1 Å². The van der Waals surface area contributed by atoms with Crippen LogP contribution >= 0.6 is 0 Å². The van der Waals surface area contributed by atoms with E-state index in [0.29, 0.717) is 59.2 Å². The second-order valence-electron chi connectivity index (χ2n) is 18.9. The fourth-order valence-electron chi connectivity index (χ4n) is 13.9. The zero-order chi connectivity index (χ0) is 32.0. The quantitative estimate of drug-likeness (QED) is 0.142. The highest BCUT2D eigenvalue weighted by molar-refractivity contribution is 5.97. The van der Waals surface area contributed by atoms with Crippen molar-refractivity contribution in [2.24, 2.45) is 94.2 Å². The maximum Gasteiger partial charge on any atom is 0.317 e. The van der Waals surface area contributed by atoms with Crippen molar-refractivity contribution < 1.29 is 33.4 Å². The van der Waals surface area contributed by atoms with Crippen LogP contribution in [0.3, 0.4) is 0 Å². The summed E-state index contributed by atoms with van der Waals surface area (Å²) in [6.45, 7) is 14.0. The Morgan fingerprint density at radius 3 is 2.31 bits per heavy atom. The Kier molecular flexibility index (Phi) is 6.63. The number of carbonyl (C=O) groups is 4. The third-order valence-corrected chi connectivity index (χ3v) is 15.1. The van der Waals surface area contributed by atoms with Gasteiger partial charge in [-0.25, -0.2) is 0 Å². The van der Waals surface area contributed by atoms with Gasteiger partial charge >= 0.3 is 23.9 Å². The van der Waals surface area contributed by atoms with Gasteiger partial charge in [-0.1, -0.05) is 13.3 Å². The van der Waals surface area contributed by atoms with E-state index in [1.807, 2.05) is 34.6 Å². The summed E-state index contributed by atoms with van der Waals surface area (Å²) in [5, 5.41) is 0. The standard InChI is InChI=1S/C38H54O7/c1-17-22-14-25(30-23-11-18(29(22)30)12-24(23)33(40)44-36(2,3)4)28(17)31-26(32(39)43-34(31)41)16-37(5,6)35(42)45-38(7)15-19-13-27(38)21-10-8-9-20(19)21/h17-31H,8-16H2,1-7H3. The molecule has 6 bridgehead atoms. The second kappa shape index (κ2) is 9.81. The number of hydrogen-bond donors (Lipinski definition) is 0. The van der Waals surface area contributed by atoms with Crippen molar-refractivity contribution in [3.63, 3.8) is 0 Å². The van der Waals surface area contributed by atoms with Gasteiger partial charge in [0, 0.05) is 5.92 Å². The number of cyclic esters (lactones) is 2. The summed E-state index contributed by atoms with van der Waals surface area (Å²) in [5.41, 5.74) is -1.85. The topological polar surface area (TPSA) is 96.0 Å². The molecule has 248 valence electrons. The number of ether oxygens (including phenoxy) is 3. The molecule has 7 heteroatoms. The lowest BCUT2D eigenvalue weighted by Gasteiger charge is -2.46. The second-order valence-corrected chi connectivity index (χ2v) is 18.9. The average molecular weight is 623 g/mol. The molecule has 0 aromatic carbocycles. The lowest BCUT2D eigenvalue weighted by molar-refractivity contribution is -0.179. The number of esters is 4. The molecule has 8 rings (SSSR count). The van der Waals surface area contributed by atoms with E-state index >= 15 is 0 Å². The summed E-state index contributed by atoms with van der Waals surface area (Å²) >= 11 is 0. The first kappa shape index (κ1) is 30.4. The Bertz CT molecular complexity index is 1310. The Hall–Kier alpha value is -1.92. The molecule has 1 heterocycles. The summed E-state index contributed by atoms with van der Waals surface area (Å²) < 4.78 is 17.7. The lowest BCUT2D eigenvalue weighted by atomic mass is 9.57. The van der Waals surface area contributed by atoms with E-state index in [2.05, 4.69) is 13.8 Å². The minimum Gasteiger partial charge on any atom is -0.460 e. The molecule has 7 nitrogen and oxygen atoms in total. The van der Waals surface area contributed by atoms with Crippen molar-refractivity contribution in [2.75, 3.05) is 0 Å². The number of hydrogen-bond acceptors (Lipinski definition) is 7. The van der Waals surface area contributed by atoms with Crippen LogP contribution in [0.2, 0.25) is 0 Å². The van der Waals surface area contributed by atoms with Gasteiger partial charge in [0.05, 0.1) is 23.2 Å². The van der Waals surface area contributed by atoms with E-state index in [1.54, 1.807) is 0 Å². The van der Waals surface area contributed by atoms with Crippen LogP contribution in [0.1, 0.15) is 106 Å². The number of carbonyl (C=O) groups excluding carboxylic acids is 4. The normalized spacial score (nSPS) is 50.7. The molecule has 1 aliphatic heterocycles. The van der Waals surface area contributed by atoms with Crippen LogP contribution in [0, 0.1) is 94.2 Å². The van der Waals surface area contributed by atoms with E-state index < -0.39 is 40.4 Å². The van der Waals surface area contributed by atoms with Crippen LogP contribution in [0.5, 0.6) is 0 Å². The Morgan fingerprint density at radius 1 is 0.844 bits per heavy atom. The smallest absolute Gasteiger partial charge is 0.317 e. The molecular formula is C38H54O7. The van der Waals surface area contributed by atoms with Crippen LogP contribution < -0.4 is 0 Å². The van der Waals surface area contributed by atoms with Crippen molar-refractivity contribution in [1.82, 2.24) is 0 Å². The minimum absolute atomic E-state index is 0.0352. The first-order valence-electron chi connectivity index (χ1n) is 18.3. The molecule has 8 fully saturated rings. The van der Waals surface area contributed by atoms with Crippen LogP contribution in [0.15, 0.2) is 0 Å². The third-order valence-electron chi connectivity index (χ3n) is 15.1. The highest BCUT2D eigenvalue weighted by Gasteiger charge is 2.70. The maximum atomic E-state index is 13.9. The molecule has 0 radical (unpaired) electrons. The molecule has 45 heavy (non-hydrogen) atoms. The highest BCUT2D eigenvalue weighted by atomic mass is 16.6. The van der Waals surface area contributed by atoms with E-state index in [4.69, 9.17) is 14.2 Å². The average Bonchev–Trinajstić information content (AvgIpc) is 3.77. The fraction of sp³-hybridized carbons (Fsp3) is 0.895. The van der Waals surface area contributed by atoms with E-state index in [1.165, 1.54) is 25.7 Å². The van der Waals surface area contributed by atoms with Gasteiger partial charge in [0.15, 0.2) is 0 Å². The molecule has 0 amide bonds. The van der Waals surface area contributed by atoms with Gasteiger partial charge in [-0.2, -0.15) is 0 Å². The molecule has 1 saturated heterocycles. The zero-order valence-electron chi connectivity index (χ0n) is 28.4. The molecule has 8 aliphatic rings. The van der Waals surface area contributed by atoms with Gasteiger partial charge in [-0.05, 0) is 158 Å². The van der Waals surface area contributed by atoms with E-state index in [0.717, 1.165) is 31.6 Å². The molecule has 16 atom stereocenters. The zero-order valence-corrected chi connectivity index (χ0v) is 28.4. The Balaban J connectivity index is 0.996. The lowest BCUT2D eigenvalue weighted by Crippen LogP contribution is -2.47. The van der Waals surface area contributed by atoms with Crippen molar-refractivity contribution in [2.45, 2.75) is 117 Å². The fourth-order valence-corrected chi connectivity index (χ4v) is 13.9. The maximum absolute atomic E-state index is 13.9. The molecular weight excluding hydrogens is 568 g/mol. The summed E-state index contributed by atoms with van der Waals surface area (Å²) in [7, 11) is 0.